The van der Waals surface area contributed by atoms with Crippen molar-refractivity contribution in [2.75, 3.05) is 6.61 Å². The number of benzene rings is 1. The number of hydrogen-bond acceptors (Lipinski definition) is 3. The van der Waals surface area contributed by atoms with Gasteiger partial charge in [0.15, 0.2) is 0 Å². The molecule has 0 heterocycles. The molecule has 0 unspecified atom stereocenters. The van der Waals surface area contributed by atoms with Crippen LogP contribution in [0.1, 0.15) is 23.6 Å². The molecule has 1 aromatic carbocycles. The molecule has 14 heavy (non-hydrogen) atoms. The predicted octanol–water partition coefficient (Wildman–Crippen LogP) is 1.08. The zero-order valence-electron chi connectivity index (χ0n) is 7.57. The Balaban J connectivity index is 3.05. The lowest BCUT2D eigenvalue weighted by Gasteiger charge is -2.11. The fourth-order valence-electron chi connectivity index (χ4n) is 1.24. The monoisotopic (exact) mass is 194 g/mol. The van der Waals surface area contributed by atoms with Crippen LogP contribution in [0.2, 0.25) is 0 Å². The molecule has 0 fully saturated rings. The molecular formula is C10H11FN2O. The van der Waals surface area contributed by atoms with Crippen LogP contribution in [0.25, 0.3) is 0 Å². The molecule has 1 atom stereocenters. The van der Waals surface area contributed by atoms with Crippen molar-refractivity contribution in [3.8, 4) is 6.07 Å². The summed E-state index contributed by atoms with van der Waals surface area (Å²) in [6.07, 6.45) is 0.318. The van der Waals surface area contributed by atoms with E-state index in [1.165, 1.54) is 18.2 Å². The Morgan fingerprint density at radius 1 is 1.57 bits per heavy atom. The number of halogens is 1. The molecule has 0 aliphatic heterocycles. The smallest absolute Gasteiger partial charge is 0.123 e. The topological polar surface area (TPSA) is 70.0 Å². The zero-order valence-corrected chi connectivity index (χ0v) is 7.57. The Hall–Kier alpha value is -1.44. The normalized spacial score (nSPS) is 12.1. The summed E-state index contributed by atoms with van der Waals surface area (Å²) in [5.74, 6) is -0.424. The van der Waals surface area contributed by atoms with Gasteiger partial charge in [0.25, 0.3) is 0 Å². The Morgan fingerprint density at radius 3 is 2.86 bits per heavy atom. The van der Waals surface area contributed by atoms with Crippen molar-refractivity contribution in [3.05, 3.63) is 35.1 Å². The van der Waals surface area contributed by atoms with Crippen LogP contribution >= 0.6 is 0 Å². The average molecular weight is 194 g/mol. The second-order valence-electron chi connectivity index (χ2n) is 2.96. The standard InChI is InChI=1S/C10H11FN2O/c11-8-2-1-7(6-12)9(5-8)10(13)3-4-14/h1-2,5,10,14H,3-4,13H2/t10-/m0/s1. The molecule has 3 N–H and O–H groups in total. The third-order valence-corrected chi connectivity index (χ3v) is 1.97. The predicted molar refractivity (Wildman–Crippen MR) is 49.7 cm³/mol. The van der Waals surface area contributed by atoms with Crippen molar-refractivity contribution in [2.45, 2.75) is 12.5 Å². The largest absolute Gasteiger partial charge is 0.396 e. The summed E-state index contributed by atoms with van der Waals surface area (Å²) in [5.41, 5.74) is 6.47. The lowest BCUT2D eigenvalue weighted by atomic mass is 9.99. The SMILES string of the molecule is N#Cc1ccc(F)cc1[C@@H](N)CCO. The first-order valence-corrected chi connectivity index (χ1v) is 4.25. The number of nitriles is 1. The maximum atomic E-state index is 12.9. The summed E-state index contributed by atoms with van der Waals surface area (Å²) in [5, 5.41) is 17.4. The Kier molecular flexibility index (Phi) is 3.57. The molecule has 74 valence electrons. The van der Waals surface area contributed by atoms with Gasteiger partial charge >= 0.3 is 0 Å². The number of aliphatic hydroxyl groups excluding tert-OH is 1. The highest BCUT2D eigenvalue weighted by Gasteiger charge is 2.11. The van der Waals surface area contributed by atoms with E-state index in [4.69, 9.17) is 16.1 Å². The lowest BCUT2D eigenvalue weighted by molar-refractivity contribution is 0.276. The summed E-state index contributed by atoms with van der Waals surface area (Å²) in [7, 11) is 0. The van der Waals surface area contributed by atoms with Gasteiger partial charge in [-0.1, -0.05) is 0 Å². The van der Waals surface area contributed by atoms with Crippen LogP contribution in [0.4, 0.5) is 4.39 Å². The van der Waals surface area contributed by atoms with Crippen LogP contribution in [0.3, 0.4) is 0 Å². The van der Waals surface area contributed by atoms with E-state index in [1.54, 1.807) is 0 Å². The maximum Gasteiger partial charge on any atom is 0.123 e. The summed E-state index contributed by atoms with van der Waals surface area (Å²) < 4.78 is 12.9. The highest BCUT2D eigenvalue weighted by Crippen LogP contribution is 2.19. The fourth-order valence-corrected chi connectivity index (χ4v) is 1.24. The molecule has 0 aliphatic rings. The van der Waals surface area contributed by atoms with Gasteiger partial charge in [-0.15, -0.1) is 0 Å². The number of rotatable bonds is 3. The second-order valence-corrected chi connectivity index (χ2v) is 2.96. The summed E-state index contributed by atoms with van der Waals surface area (Å²) >= 11 is 0. The van der Waals surface area contributed by atoms with Gasteiger partial charge in [0.1, 0.15) is 5.82 Å². The van der Waals surface area contributed by atoms with Crippen molar-refractivity contribution >= 4 is 0 Å². The van der Waals surface area contributed by atoms with Gasteiger partial charge in [-0.2, -0.15) is 5.26 Å². The average Bonchev–Trinajstić information content (AvgIpc) is 2.18. The third kappa shape index (κ3) is 2.28. The van der Waals surface area contributed by atoms with Gasteiger partial charge in [0.2, 0.25) is 0 Å². The van der Waals surface area contributed by atoms with Crippen LogP contribution in [0.5, 0.6) is 0 Å². The Bertz CT molecular complexity index is 360. The van der Waals surface area contributed by atoms with E-state index < -0.39 is 11.9 Å². The molecule has 3 nitrogen and oxygen atoms in total. The van der Waals surface area contributed by atoms with E-state index in [1.807, 2.05) is 6.07 Å². The molecule has 0 radical (unpaired) electrons. The highest BCUT2D eigenvalue weighted by atomic mass is 19.1. The van der Waals surface area contributed by atoms with E-state index in [9.17, 15) is 4.39 Å². The first-order chi connectivity index (χ1) is 6.69. The second kappa shape index (κ2) is 4.70. The minimum absolute atomic E-state index is 0.0808. The van der Waals surface area contributed by atoms with E-state index in [2.05, 4.69) is 0 Å². The molecule has 0 aliphatic carbocycles. The molecular weight excluding hydrogens is 183 g/mol. The summed E-state index contributed by atoms with van der Waals surface area (Å²) in [6.45, 7) is -0.0808. The quantitative estimate of drug-likeness (QED) is 0.756. The summed E-state index contributed by atoms with van der Waals surface area (Å²) in [4.78, 5) is 0. The van der Waals surface area contributed by atoms with Crippen molar-refractivity contribution < 1.29 is 9.50 Å². The van der Waals surface area contributed by atoms with Crippen molar-refractivity contribution in [1.82, 2.24) is 0 Å². The number of nitrogens with two attached hydrogens (primary N) is 1. The molecule has 0 spiro atoms. The van der Waals surface area contributed by atoms with Crippen LogP contribution in [0, 0.1) is 17.1 Å². The van der Waals surface area contributed by atoms with Crippen LogP contribution < -0.4 is 5.73 Å². The van der Waals surface area contributed by atoms with Gasteiger partial charge < -0.3 is 10.8 Å². The maximum absolute atomic E-state index is 12.9. The van der Waals surface area contributed by atoms with Gasteiger partial charge in [-0.05, 0) is 30.2 Å². The van der Waals surface area contributed by atoms with E-state index in [0.717, 1.165) is 0 Å². The molecule has 0 saturated carbocycles. The first-order valence-electron chi connectivity index (χ1n) is 4.25. The summed E-state index contributed by atoms with van der Waals surface area (Å²) in [6, 6.07) is 5.28. The van der Waals surface area contributed by atoms with Crippen LogP contribution in [0.15, 0.2) is 18.2 Å². The van der Waals surface area contributed by atoms with Gasteiger partial charge in [-0.25, -0.2) is 4.39 Å². The molecule has 1 aromatic rings. The molecule has 1 rings (SSSR count). The van der Waals surface area contributed by atoms with Crippen LogP contribution in [-0.2, 0) is 0 Å². The van der Waals surface area contributed by atoms with Gasteiger partial charge in [-0.3, -0.25) is 0 Å². The molecule has 0 bridgehead atoms. The molecule has 4 heteroatoms. The zero-order chi connectivity index (χ0) is 10.6. The van der Waals surface area contributed by atoms with Crippen LogP contribution in [-0.4, -0.2) is 11.7 Å². The minimum Gasteiger partial charge on any atom is -0.396 e. The van der Waals surface area contributed by atoms with Crippen molar-refractivity contribution in [1.29, 1.82) is 5.26 Å². The number of aliphatic hydroxyl groups is 1. The van der Waals surface area contributed by atoms with Gasteiger partial charge in [0.05, 0.1) is 11.6 Å². The fraction of sp³-hybridized carbons (Fsp3) is 0.300. The Labute approximate surface area is 81.6 Å². The van der Waals surface area contributed by atoms with Crippen molar-refractivity contribution in [3.63, 3.8) is 0 Å². The van der Waals surface area contributed by atoms with E-state index in [-0.39, 0.29) is 6.61 Å². The third-order valence-electron chi connectivity index (χ3n) is 1.97. The highest BCUT2D eigenvalue weighted by molar-refractivity contribution is 5.39. The minimum atomic E-state index is -0.495. The van der Waals surface area contributed by atoms with E-state index >= 15 is 0 Å². The molecule has 0 aromatic heterocycles. The molecule has 0 amide bonds. The molecule has 0 saturated heterocycles. The Morgan fingerprint density at radius 2 is 2.29 bits per heavy atom. The number of nitrogens with zero attached hydrogens (tertiary/aromatic N) is 1. The first kappa shape index (κ1) is 10.6. The lowest BCUT2D eigenvalue weighted by Crippen LogP contribution is -2.13. The van der Waals surface area contributed by atoms with Crippen molar-refractivity contribution in [2.24, 2.45) is 5.73 Å². The number of hydrogen-bond donors (Lipinski definition) is 2. The van der Waals surface area contributed by atoms with Gasteiger partial charge in [0, 0.05) is 12.6 Å². The van der Waals surface area contributed by atoms with E-state index in [0.29, 0.717) is 17.5 Å².